The highest BCUT2D eigenvalue weighted by Crippen LogP contribution is 2.36. The highest BCUT2D eigenvalue weighted by Gasteiger charge is 2.33. The van der Waals surface area contributed by atoms with Crippen LogP contribution in [-0.4, -0.2) is 25.9 Å². The van der Waals surface area contributed by atoms with Gasteiger partial charge in [-0.1, -0.05) is 29.4 Å². The van der Waals surface area contributed by atoms with Crippen molar-refractivity contribution >= 4 is 46.3 Å². The number of anilines is 1. The fraction of sp³-hybridized carbons (Fsp3) is 0.278. The number of carbonyl (C=O) groups is 1. The molecule has 0 aliphatic heterocycles. The smallest absolute Gasteiger partial charge is 0.325 e. The van der Waals surface area contributed by atoms with Gasteiger partial charge in [0, 0.05) is 12.2 Å². The Bertz CT molecular complexity index is 1010. The number of alkyl halides is 3. The highest BCUT2D eigenvalue weighted by atomic mass is 35.5. The molecule has 0 bridgehead atoms. The lowest BCUT2D eigenvalue weighted by Gasteiger charge is -2.14. The summed E-state index contributed by atoms with van der Waals surface area (Å²) in [4.78, 5) is 13.5. The van der Waals surface area contributed by atoms with Gasteiger partial charge in [0.05, 0.1) is 20.7 Å². The van der Waals surface area contributed by atoms with E-state index >= 15 is 0 Å². The number of halogens is 4. The summed E-state index contributed by atoms with van der Waals surface area (Å²) in [5.74, 6) is 0.263. The van der Waals surface area contributed by atoms with E-state index in [1.807, 2.05) is 29.0 Å². The van der Waals surface area contributed by atoms with E-state index in [9.17, 15) is 18.0 Å². The maximum absolute atomic E-state index is 13.0. The van der Waals surface area contributed by atoms with Crippen molar-refractivity contribution in [1.82, 2.24) is 14.8 Å². The molecule has 5 nitrogen and oxygen atoms in total. The van der Waals surface area contributed by atoms with Gasteiger partial charge in [0.2, 0.25) is 5.91 Å². The van der Waals surface area contributed by atoms with Crippen molar-refractivity contribution in [2.24, 2.45) is 0 Å². The van der Waals surface area contributed by atoms with Gasteiger partial charge in [0.15, 0.2) is 11.0 Å². The number of hydrogen-bond acceptors (Lipinski definition) is 5. The third-order valence-electron chi connectivity index (χ3n) is 3.97. The van der Waals surface area contributed by atoms with Crippen molar-refractivity contribution in [3.8, 4) is 10.7 Å². The maximum atomic E-state index is 13.0. The number of thiophene rings is 1. The molecular weight excluding hydrogens is 445 g/mol. The monoisotopic (exact) mass is 460 g/mol. The first-order chi connectivity index (χ1) is 13.7. The third-order valence-corrected chi connectivity index (χ3v) is 6.24. The molecule has 3 aromatic rings. The minimum absolute atomic E-state index is 0.0235. The van der Waals surface area contributed by atoms with E-state index in [1.54, 1.807) is 6.92 Å². The Morgan fingerprint density at radius 3 is 2.72 bits per heavy atom. The van der Waals surface area contributed by atoms with Gasteiger partial charge in [-0.15, -0.1) is 21.5 Å². The summed E-state index contributed by atoms with van der Waals surface area (Å²) in [7, 11) is 0. The van der Waals surface area contributed by atoms with Crippen LogP contribution in [0.25, 0.3) is 10.7 Å². The quantitative estimate of drug-likeness (QED) is 0.471. The summed E-state index contributed by atoms with van der Waals surface area (Å²) < 4.78 is 40.9. The molecular formula is C18H16ClF3N4OS2. The molecule has 0 aliphatic rings. The third kappa shape index (κ3) is 4.93. The van der Waals surface area contributed by atoms with Crippen LogP contribution in [0.5, 0.6) is 0 Å². The van der Waals surface area contributed by atoms with Crippen LogP contribution in [0.15, 0.2) is 40.9 Å². The number of benzene rings is 1. The lowest BCUT2D eigenvalue weighted by atomic mass is 10.2. The van der Waals surface area contributed by atoms with Crippen molar-refractivity contribution in [2.45, 2.75) is 37.0 Å². The van der Waals surface area contributed by atoms with Crippen LogP contribution in [-0.2, 0) is 17.5 Å². The number of carbonyl (C=O) groups excluding carboxylic acids is 1. The molecule has 0 saturated carbocycles. The van der Waals surface area contributed by atoms with Gasteiger partial charge in [-0.25, -0.2) is 0 Å². The van der Waals surface area contributed by atoms with E-state index in [1.165, 1.54) is 29.2 Å². The Balaban J connectivity index is 1.74. The number of nitrogens with zero attached hydrogens (tertiary/aromatic N) is 3. The Morgan fingerprint density at radius 1 is 1.34 bits per heavy atom. The SMILES string of the molecule is CCn1c(SC(C)C(=O)Nc2ccc(Cl)c(C(F)(F)F)c2)nnc1-c1cccs1. The van der Waals surface area contributed by atoms with Crippen molar-refractivity contribution in [1.29, 1.82) is 0 Å². The van der Waals surface area contributed by atoms with Crippen molar-refractivity contribution in [3.05, 3.63) is 46.3 Å². The van der Waals surface area contributed by atoms with Crippen LogP contribution in [0.2, 0.25) is 5.02 Å². The van der Waals surface area contributed by atoms with Crippen molar-refractivity contribution in [2.75, 3.05) is 5.32 Å². The fourth-order valence-electron chi connectivity index (χ4n) is 2.52. The van der Waals surface area contributed by atoms with Crippen LogP contribution in [0.1, 0.15) is 19.4 Å². The molecule has 0 spiro atoms. The molecule has 2 heterocycles. The Hall–Kier alpha value is -2.04. The second-order valence-corrected chi connectivity index (χ2v) is 8.63. The molecule has 11 heteroatoms. The van der Waals surface area contributed by atoms with E-state index in [2.05, 4.69) is 15.5 Å². The van der Waals surface area contributed by atoms with Crippen LogP contribution in [0, 0.1) is 0 Å². The zero-order valence-electron chi connectivity index (χ0n) is 15.3. The van der Waals surface area contributed by atoms with Gasteiger partial charge in [-0.05, 0) is 43.5 Å². The molecule has 29 heavy (non-hydrogen) atoms. The molecule has 1 N–H and O–H groups in total. The van der Waals surface area contributed by atoms with Gasteiger partial charge >= 0.3 is 6.18 Å². The van der Waals surface area contributed by atoms with Crippen LogP contribution < -0.4 is 5.32 Å². The molecule has 0 saturated heterocycles. The normalized spacial score (nSPS) is 12.8. The fourth-order valence-corrected chi connectivity index (χ4v) is 4.38. The summed E-state index contributed by atoms with van der Waals surface area (Å²) in [6.45, 7) is 4.21. The average Bonchev–Trinajstić information content (AvgIpc) is 3.31. The van der Waals surface area contributed by atoms with Gasteiger partial charge < -0.3 is 9.88 Å². The van der Waals surface area contributed by atoms with Crippen LogP contribution in [0.3, 0.4) is 0 Å². The van der Waals surface area contributed by atoms with E-state index in [-0.39, 0.29) is 5.69 Å². The number of rotatable bonds is 6. The molecule has 1 aromatic carbocycles. The Kier molecular flexibility index (Phi) is 6.55. The summed E-state index contributed by atoms with van der Waals surface area (Å²) in [5, 5.41) is 12.3. The Morgan fingerprint density at radius 2 is 2.10 bits per heavy atom. The standard InChI is InChI=1S/C18H16ClF3N4OS2/c1-3-26-15(14-5-4-8-28-14)24-25-17(26)29-10(2)16(27)23-11-6-7-13(19)12(9-11)18(20,21)22/h4-10H,3H2,1-2H3,(H,23,27). The zero-order chi connectivity index (χ0) is 21.2. The van der Waals surface area contributed by atoms with Gasteiger partial charge in [-0.3, -0.25) is 4.79 Å². The van der Waals surface area contributed by atoms with Crippen LogP contribution in [0.4, 0.5) is 18.9 Å². The number of aromatic nitrogens is 3. The first kappa shape index (κ1) is 21.7. The summed E-state index contributed by atoms with van der Waals surface area (Å²) >= 11 is 8.33. The minimum Gasteiger partial charge on any atom is -0.325 e. The zero-order valence-corrected chi connectivity index (χ0v) is 17.7. The van der Waals surface area contributed by atoms with Crippen molar-refractivity contribution in [3.63, 3.8) is 0 Å². The topological polar surface area (TPSA) is 59.8 Å². The van der Waals surface area contributed by atoms with Gasteiger partial charge in [0.1, 0.15) is 0 Å². The molecule has 0 radical (unpaired) electrons. The second-order valence-electron chi connectivity index (χ2n) is 5.97. The summed E-state index contributed by atoms with van der Waals surface area (Å²) in [6, 6.07) is 7.11. The number of thioether (sulfide) groups is 1. The molecule has 154 valence electrons. The summed E-state index contributed by atoms with van der Waals surface area (Å²) in [5.41, 5.74) is -0.973. The first-order valence-electron chi connectivity index (χ1n) is 8.52. The predicted molar refractivity (Wildman–Crippen MR) is 109 cm³/mol. The van der Waals surface area contributed by atoms with Crippen molar-refractivity contribution < 1.29 is 18.0 Å². The molecule has 1 atom stereocenters. The largest absolute Gasteiger partial charge is 0.417 e. The predicted octanol–water partition coefficient (Wildman–Crippen LogP) is 5.82. The lowest BCUT2D eigenvalue weighted by molar-refractivity contribution is -0.137. The van der Waals surface area contributed by atoms with E-state index in [0.717, 1.165) is 17.0 Å². The molecule has 1 unspecified atom stereocenters. The number of amides is 1. The molecule has 2 aromatic heterocycles. The van der Waals surface area contributed by atoms with E-state index in [0.29, 0.717) is 17.5 Å². The average molecular weight is 461 g/mol. The van der Waals surface area contributed by atoms with Gasteiger partial charge in [-0.2, -0.15) is 13.2 Å². The minimum atomic E-state index is -4.60. The van der Waals surface area contributed by atoms with Gasteiger partial charge in [0.25, 0.3) is 0 Å². The number of hydrogen-bond donors (Lipinski definition) is 1. The molecule has 1 amide bonds. The second kappa shape index (κ2) is 8.76. The first-order valence-corrected chi connectivity index (χ1v) is 10.7. The van der Waals surface area contributed by atoms with E-state index < -0.39 is 27.9 Å². The lowest BCUT2D eigenvalue weighted by Crippen LogP contribution is -2.23. The highest BCUT2D eigenvalue weighted by molar-refractivity contribution is 8.00. The molecule has 0 aliphatic carbocycles. The molecule has 3 rings (SSSR count). The van der Waals surface area contributed by atoms with Crippen LogP contribution >= 0.6 is 34.7 Å². The molecule has 0 fully saturated rings. The Labute approximate surface area is 178 Å². The maximum Gasteiger partial charge on any atom is 0.417 e. The number of nitrogens with one attached hydrogen (secondary N) is 1. The van der Waals surface area contributed by atoms with E-state index in [4.69, 9.17) is 11.6 Å². The summed E-state index contributed by atoms with van der Waals surface area (Å²) in [6.07, 6.45) is -4.60.